The quantitative estimate of drug-likeness (QED) is 0.712. The second-order valence-electron chi connectivity index (χ2n) is 4.28. The molecule has 1 saturated heterocycles. The number of nitrogens with zero attached hydrogens (tertiary/aromatic N) is 3. The zero-order chi connectivity index (χ0) is 12.0. The van der Waals surface area contributed by atoms with E-state index in [0.717, 1.165) is 32.6 Å². The fraction of sp³-hybridized carbons (Fsp3) is 0.818. The van der Waals surface area contributed by atoms with Gasteiger partial charge in [-0.2, -0.15) is 5.26 Å². The maximum Gasteiger partial charge on any atom is 0.224 e. The SMILES string of the molecule is CN(C)C(=O)CC(C#N)N1CCCNCC1. The van der Waals surface area contributed by atoms with E-state index in [1.807, 2.05) is 0 Å². The summed E-state index contributed by atoms with van der Waals surface area (Å²) in [6, 6.07) is 1.95. The van der Waals surface area contributed by atoms with Crippen LogP contribution in [0.1, 0.15) is 12.8 Å². The predicted molar refractivity (Wildman–Crippen MR) is 61.8 cm³/mol. The van der Waals surface area contributed by atoms with E-state index in [9.17, 15) is 4.79 Å². The Morgan fingerprint density at radius 2 is 2.25 bits per heavy atom. The molecule has 0 aromatic rings. The van der Waals surface area contributed by atoms with Crippen molar-refractivity contribution in [3.8, 4) is 6.07 Å². The van der Waals surface area contributed by atoms with Crippen molar-refractivity contribution >= 4 is 5.91 Å². The van der Waals surface area contributed by atoms with E-state index < -0.39 is 0 Å². The minimum Gasteiger partial charge on any atom is -0.349 e. The summed E-state index contributed by atoms with van der Waals surface area (Å²) >= 11 is 0. The zero-order valence-electron chi connectivity index (χ0n) is 10.1. The molecule has 0 spiro atoms. The Kier molecular flexibility index (Phi) is 5.23. The summed E-state index contributed by atoms with van der Waals surface area (Å²) in [5.74, 6) is 0.0174. The van der Waals surface area contributed by atoms with Gasteiger partial charge in [-0.05, 0) is 13.0 Å². The van der Waals surface area contributed by atoms with E-state index in [1.165, 1.54) is 0 Å². The van der Waals surface area contributed by atoms with Crippen LogP contribution in [0.5, 0.6) is 0 Å². The number of nitrogens with one attached hydrogen (secondary N) is 1. The first-order valence-electron chi connectivity index (χ1n) is 5.69. The van der Waals surface area contributed by atoms with Crippen LogP contribution in [0, 0.1) is 11.3 Å². The van der Waals surface area contributed by atoms with Gasteiger partial charge in [-0.15, -0.1) is 0 Å². The average Bonchev–Trinajstić information content (AvgIpc) is 2.53. The lowest BCUT2D eigenvalue weighted by molar-refractivity contribution is -0.129. The van der Waals surface area contributed by atoms with Crippen LogP contribution >= 0.6 is 0 Å². The first-order chi connectivity index (χ1) is 7.65. The number of hydrogen-bond donors (Lipinski definition) is 1. The van der Waals surface area contributed by atoms with Crippen LogP contribution in [-0.4, -0.2) is 62.0 Å². The Bertz CT molecular complexity index is 264. The van der Waals surface area contributed by atoms with E-state index in [0.29, 0.717) is 6.42 Å². The van der Waals surface area contributed by atoms with Gasteiger partial charge >= 0.3 is 0 Å². The second-order valence-corrected chi connectivity index (χ2v) is 4.28. The molecule has 1 heterocycles. The molecule has 0 aromatic heterocycles. The van der Waals surface area contributed by atoms with Crippen LogP contribution in [0.4, 0.5) is 0 Å². The lowest BCUT2D eigenvalue weighted by atomic mass is 10.1. The third kappa shape index (κ3) is 3.80. The highest BCUT2D eigenvalue weighted by Gasteiger charge is 2.22. The predicted octanol–water partition coefficient (Wildman–Crippen LogP) is -0.348. The number of hydrogen-bond acceptors (Lipinski definition) is 4. The summed E-state index contributed by atoms with van der Waals surface area (Å²) in [5, 5.41) is 12.4. The minimum absolute atomic E-state index is 0.0174. The minimum atomic E-state index is -0.283. The molecule has 0 radical (unpaired) electrons. The summed E-state index contributed by atoms with van der Waals surface area (Å²) in [6.45, 7) is 3.63. The Morgan fingerprint density at radius 1 is 1.50 bits per heavy atom. The molecule has 5 nitrogen and oxygen atoms in total. The van der Waals surface area contributed by atoms with Crippen LogP contribution in [0.15, 0.2) is 0 Å². The molecule has 0 bridgehead atoms. The van der Waals surface area contributed by atoms with Crippen molar-refractivity contribution in [1.82, 2.24) is 15.1 Å². The molecule has 1 aliphatic rings. The molecule has 1 rings (SSSR count). The van der Waals surface area contributed by atoms with Crippen molar-refractivity contribution in [2.45, 2.75) is 18.9 Å². The van der Waals surface area contributed by atoms with Gasteiger partial charge in [0.15, 0.2) is 0 Å². The van der Waals surface area contributed by atoms with Crippen LogP contribution in [-0.2, 0) is 4.79 Å². The molecular weight excluding hydrogens is 204 g/mol. The molecule has 16 heavy (non-hydrogen) atoms. The standard InChI is InChI=1S/C11H20N4O/c1-14(2)11(16)8-10(9-12)15-6-3-4-13-5-7-15/h10,13H,3-8H2,1-2H3. The maximum atomic E-state index is 11.6. The van der Waals surface area contributed by atoms with E-state index in [-0.39, 0.29) is 11.9 Å². The smallest absolute Gasteiger partial charge is 0.224 e. The molecule has 90 valence electrons. The summed E-state index contributed by atoms with van der Waals surface area (Å²) in [6.07, 6.45) is 1.33. The monoisotopic (exact) mass is 224 g/mol. The third-order valence-corrected chi connectivity index (χ3v) is 2.83. The van der Waals surface area contributed by atoms with Crippen LogP contribution in [0.3, 0.4) is 0 Å². The van der Waals surface area contributed by atoms with Gasteiger partial charge in [0.1, 0.15) is 6.04 Å². The van der Waals surface area contributed by atoms with E-state index in [1.54, 1.807) is 19.0 Å². The van der Waals surface area contributed by atoms with Crippen molar-refractivity contribution < 1.29 is 4.79 Å². The van der Waals surface area contributed by atoms with Crippen molar-refractivity contribution in [2.24, 2.45) is 0 Å². The summed E-state index contributed by atoms with van der Waals surface area (Å²) in [7, 11) is 3.45. The Morgan fingerprint density at radius 3 is 2.88 bits per heavy atom. The normalized spacial score (nSPS) is 19.6. The highest BCUT2D eigenvalue weighted by molar-refractivity contribution is 5.76. The fourth-order valence-electron chi connectivity index (χ4n) is 1.78. The summed E-state index contributed by atoms with van der Waals surface area (Å²) in [5.41, 5.74) is 0. The Hall–Kier alpha value is -1.12. The van der Waals surface area contributed by atoms with Gasteiger partial charge in [0, 0.05) is 33.7 Å². The Balaban J connectivity index is 2.52. The second kappa shape index (κ2) is 6.46. The van der Waals surface area contributed by atoms with Gasteiger partial charge < -0.3 is 10.2 Å². The van der Waals surface area contributed by atoms with Crippen LogP contribution in [0.25, 0.3) is 0 Å². The van der Waals surface area contributed by atoms with E-state index in [2.05, 4.69) is 16.3 Å². The molecule has 0 aromatic carbocycles. The molecule has 1 atom stereocenters. The molecule has 1 N–H and O–H groups in total. The fourth-order valence-corrected chi connectivity index (χ4v) is 1.78. The van der Waals surface area contributed by atoms with Gasteiger partial charge in [0.05, 0.1) is 12.5 Å². The van der Waals surface area contributed by atoms with Crippen molar-refractivity contribution in [1.29, 1.82) is 5.26 Å². The first-order valence-corrected chi connectivity index (χ1v) is 5.69. The summed E-state index contributed by atoms with van der Waals surface area (Å²) in [4.78, 5) is 15.2. The Labute approximate surface area is 97.0 Å². The molecule has 0 aliphatic carbocycles. The molecule has 0 saturated carbocycles. The van der Waals surface area contributed by atoms with Crippen LogP contribution in [0.2, 0.25) is 0 Å². The molecule has 1 fully saturated rings. The highest BCUT2D eigenvalue weighted by Crippen LogP contribution is 2.07. The van der Waals surface area contributed by atoms with Gasteiger partial charge in [0.25, 0.3) is 0 Å². The van der Waals surface area contributed by atoms with Crippen molar-refractivity contribution in [2.75, 3.05) is 40.3 Å². The highest BCUT2D eigenvalue weighted by atomic mass is 16.2. The molecule has 1 aliphatic heterocycles. The number of nitriles is 1. The topological polar surface area (TPSA) is 59.4 Å². The third-order valence-electron chi connectivity index (χ3n) is 2.83. The molecule has 1 amide bonds. The van der Waals surface area contributed by atoms with Crippen molar-refractivity contribution in [3.05, 3.63) is 0 Å². The van der Waals surface area contributed by atoms with Gasteiger partial charge in [0.2, 0.25) is 5.91 Å². The van der Waals surface area contributed by atoms with Crippen LogP contribution < -0.4 is 5.32 Å². The van der Waals surface area contributed by atoms with Gasteiger partial charge in [-0.25, -0.2) is 0 Å². The van der Waals surface area contributed by atoms with Crippen molar-refractivity contribution in [3.63, 3.8) is 0 Å². The molecular formula is C11H20N4O. The maximum absolute atomic E-state index is 11.6. The molecule has 1 unspecified atom stereocenters. The largest absolute Gasteiger partial charge is 0.349 e. The average molecular weight is 224 g/mol. The van der Waals surface area contributed by atoms with E-state index >= 15 is 0 Å². The first kappa shape index (κ1) is 12.9. The zero-order valence-corrected chi connectivity index (χ0v) is 10.1. The number of rotatable bonds is 3. The lowest BCUT2D eigenvalue weighted by Gasteiger charge is -2.25. The summed E-state index contributed by atoms with van der Waals surface area (Å²) < 4.78 is 0. The number of carbonyl (C=O) groups is 1. The van der Waals surface area contributed by atoms with E-state index in [4.69, 9.17) is 5.26 Å². The van der Waals surface area contributed by atoms with Gasteiger partial charge in [-0.3, -0.25) is 9.69 Å². The van der Waals surface area contributed by atoms with Gasteiger partial charge in [-0.1, -0.05) is 0 Å². The lowest BCUT2D eigenvalue weighted by Crippen LogP contribution is -2.40. The number of amides is 1. The molecule has 5 heteroatoms. The number of carbonyl (C=O) groups excluding carboxylic acids is 1.